The first-order chi connectivity index (χ1) is 7.63. The van der Waals surface area contributed by atoms with Crippen LogP contribution in [0.2, 0.25) is 10.0 Å². The molecule has 0 aliphatic carbocycles. The zero-order chi connectivity index (χ0) is 12.1. The van der Waals surface area contributed by atoms with E-state index in [1.54, 1.807) is 12.1 Å². The first-order valence-corrected chi connectivity index (χ1v) is 5.98. The van der Waals surface area contributed by atoms with Crippen molar-refractivity contribution in [1.29, 1.82) is 5.26 Å². The summed E-state index contributed by atoms with van der Waals surface area (Å²) in [5.74, 6) is 0. The molecular weight excluding hydrogens is 243 g/mol. The molecule has 0 fully saturated rings. The standard InChI is InChI=1S/C12H14Cl2N2/c1-3-16(4-2)12(8-15)9-5-6-10(13)11(14)7-9/h5-7,12H,3-4H2,1-2H3. The van der Waals surface area contributed by atoms with Gasteiger partial charge in [0.25, 0.3) is 0 Å². The van der Waals surface area contributed by atoms with Crippen molar-refractivity contribution in [3.05, 3.63) is 33.8 Å². The van der Waals surface area contributed by atoms with E-state index in [1.165, 1.54) is 0 Å². The van der Waals surface area contributed by atoms with Gasteiger partial charge in [0, 0.05) is 0 Å². The van der Waals surface area contributed by atoms with Crippen LogP contribution < -0.4 is 0 Å². The topological polar surface area (TPSA) is 27.0 Å². The van der Waals surface area contributed by atoms with Gasteiger partial charge in [0.05, 0.1) is 16.1 Å². The summed E-state index contributed by atoms with van der Waals surface area (Å²) in [6, 6.07) is 7.37. The van der Waals surface area contributed by atoms with Gasteiger partial charge in [-0.2, -0.15) is 5.26 Å². The first kappa shape index (κ1) is 13.3. The zero-order valence-electron chi connectivity index (χ0n) is 9.37. The van der Waals surface area contributed by atoms with Gasteiger partial charge in [-0.15, -0.1) is 0 Å². The number of benzene rings is 1. The normalized spacial score (nSPS) is 12.5. The number of hydrogen-bond acceptors (Lipinski definition) is 2. The first-order valence-electron chi connectivity index (χ1n) is 5.22. The Hall–Kier alpha value is -0.750. The minimum atomic E-state index is -0.259. The van der Waals surface area contributed by atoms with Gasteiger partial charge in [-0.3, -0.25) is 4.90 Å². The molecule has 0 aromatic heterocycles. The van der Waals surface area contributed by atoms with Gasteiger partial charge in [-0.25, -0.2) is 0 Å². The summed E-state index contributed by atoms with van der Waals surface area (Å²) in [6.45, 7) is 5.72. The lowest BCUT2D eigenvalue weighted by atomic mass is 10.1. The molecule has 0 heterocycles. The van der Waals surface area contributed by atoms with E-state index in [2.05, 4.69) is 11.0 Å². The Morgan fingerprint density at radius 1 is 1.25 bits per heavy atom. The van der Waals surface area contributed by atoms with Crippen molar-refractivity contribution in [3.8, 4) is 6.07 Å². The second kappa shape index (κ2) is 6.10. The summed E-state index contributed by atoms with van der Waals surface area (Å²) in [7, 11) is 0. The van der Waals surface area contributed by atoms with E-state index in [4.69, 9.17) is 23.2 Å². The molecule has 0 saturated heterocycles. The number of nitriles is 1. The van der Waals surface area contributed by atoms with E-state index in [0.717, 1.165) is 18.7 Å². The molecule has 0 aliphatic heterocycles. The molecule has 0 aliphatic rings. The highest BCUT2D eigenvalue weighted by Gasteiger charge is 2.17. The largest absolute Gasteiger partial charge is 0.285 e. The van der Waals surface area contributed by atoms with Gasteiger partial charge in [-0.05, 0) is 30.8 Å². The quantitative estimate of drug-likeness (QED) is 0.817. The molecule has 16 heavy (non-hydrogen) atoms. The van der Waals surface area contributed by atoms with Crippen LogP contribution >= 0.6 is 23.2 Å². The van der Waals surface area contributed by atoms with Crippen LogP contribution in [-0.4, -0.2) is 18.0 Å². The van der Waals surface area contributed by atoms with Gasteiger partial charge >= 0.3 is 0 Å². The third-order valence-corrected chi connectivity index (χ3v) is 3.30. The highest BCUT2D eigenvalue weighted by molar-refractivity contribution is 6.42. The third-order valence-electron chi connectivity index (χ3n) is 2.56. The second-order valence-corrected chi connectivity index (χ2v) is 4.24. The lowest BCUT2D eigenvalue weighted by Gasteiger charge is -2.24. The molecule has 1 atom stereocenters. The summed E-state index contributed by atoms with van der Waals surface area (Å²) in [5.41, 5.74) is 0.889. The number of nitrogens with zero attached hydrogens (tertiary/aromatic N) is 2. The van der Waals surface area contributed by atoms with Crippen molar-refractivity contribution >= 4 is 23.2 Å². The lowest BCUT2D eigenvalue weighted by molar-refractivity contribution is 0.262. The smallest absolute Gasteiger partial charge is 0.123 e. The maximum Gasteiger partial charge on any atom is 0.123 e. The summed E-state index contributed by atoms with van der Waals surface area (Å²) >= 11 is 11.8. The fourth-order valence-corrected chi connectivity index (χ4v) is 1.94. The Labute approximate surface area is 106 Å². The van der Waals surface area contributed by atoms with Crippen molar-refractivity contribution < 1.29 is 0 Å². The van der Waals surface area contributed by atoms with Gasteiger partial charge in [0.1, 0.15) is 6.04 Å². The fourth-order valence-electron chi connectivity index (χ4n) is 1.64. The Morgan fingerprint density at radius 2 is 1.88 bits per heavy atom. The molecule has 0 amide bonds. The van der Waals surface area contributed by atoms with Crippen molar-refractivity contribution in [2.75, 3.05) is 13.1 Å². The Morgan fingerprint density at radius 3 is 2.31 bits per heavy atom. The van der Waals surface area contributed by atoms with Gasteiger partial charge in [0.15, 0.2) is 0 Å². The molecule has 1 aromatic rings. The van der Waals surface area contributed by atoms with Crippen LogP contribution in [0.4, 0.5) is 0 Å². The molecule has 1 aromatic carbocycles. The van der Waals surface area contributed by atoms with E-state index in [1.807, 2.05) is 19.9 Å². The van der Waals surface area contributed by atoms with E-state index in [9.17, 15) is 5.26 Å². The van der Waals surface area contributed by atoms with E-state index in [0.29, 0.717) is 10.0 Å². The minimum Gasteiger partial charge on any atom is -0.285 e. The SMILES string of the molecule is CCN(CC)C(C#N)c1ccc(Cl)c(Cl)c1. The molecule has 2 nitrogen and oxygen atoms in total. The monoisotopic (exact) mass is 256 g/mol. The number of halogens is 2. The minimum absolute atomic E-state index is 0.259. The van der Waals surface area contributed by atoms with Crippen LogP contribution in [0.1, 0.15) is 25.5 Å². The maximum absolute atomic E-state index is 9.20. The predicted molar refractivity (Wildman–Crippen MR) is 67.7 cm³/mol. The van der Waals surface area contributed by atoms with E-state index in [-0.39, 0.29) is 6.04 Å². The van der Waals surface area contributed by atoms with Crippen LogP contribution in [-0.2, 0) is 0 Å². The van der Waals surface area contributed by atoms with Crippen molar-refractivity contribution in [1.82, 2.24) is 4.90 Å². The van der Waals surface area contributed by atoms with Crippen molar-refractivity contribution in [3.63, 3.8) is 0 Å². The molecule has 1 rings (SSSR count). The summed E-state index contributed by atoms with van der Waals surface area (Å²) in [5, 5.41) is 10.2. The Balaban J connectivity index is 3.05. The molecule has 0 radical (unpaired) electrons. The highest BCUT2D eigenvalue weighted by Crippen LogP contribution is 2.27. The number of rotatable bonds is 4. The van der Waals surface area contributed by atoms with Crippen LogP contribution in [0, 0.1) is 11.3 Å². The van der Waals surface area contributed by atoms with Crippen LogP contribution in [0.15, 0.2) is 18.2 Å². The molecular formula is C12H14Cl2N2. The van der Waals surface area contributed by atoms with Crippen molar-refractivity contribution in [2.24, 2.45) is 0 Å². The van der Waals surface area contributed by atoms with Crippen molar-refractivity contribution in [2.45, 2.75) is 19.9 Å². The fraction of sp³-hybridized carbons (Fsp3) is 0.417. The zero-order valence-corrected chi connectivity index (χ0v) is 10.9. The van der Waals surface area contributed by atoms with Crippen LogP contribution in [0.3, 0.4) is 0 Å². The molecule has 1 unspecified atom stereocenters. The third kappa shape index (κ3) is 2.89. The average molecular weight is 257 g/mol. The highest BCUT2D eigenvalue weighted by atomic mass is 35.5. The van der Waals surface area contributed by atoms with Crippen LogP contribution in [0.25, 0.3) is 0 Å². The summed E-state index contributed by atoms with van der Waals surface area (Å²) < 4.78 is 0. The second-order valence-electron chi connectivity index (χ2n) is 3.43. The Bertz CT molecular complexity index is 394. The Kier molecular flexibility index (Phi) is 5.08. The molecule has 4 heteroatoms. The van der Waals surface area contributed by atoms with E-state index >= 15 is 0 Å². The molecule has 0 N–H and O–H groups in total. The van der Waals surface area contributed by atoms with Gasteiger partial charge < -0.3 is 0 Å². The summed E-state index contributed by atoms with van der Waals surface area (Å²) in [6.07, 6.45) is 0. The molecule has 0 bridgehead atoms. The number of hydrogen-bond donors (Lipinski definition) is 0. The summed E-state index contributed by atoms with van der Waals surface area (Å²) in [4.78, 5) is 2.07. The maximum atomic E-state index is 9.20. The van der Waals surface area contributed by atoms with Gasteiger partial charge in [-0.1, -0.05) is 43.1 Å². The van der Waals surface area contributed by atoms with E-state index < -0.39 is 0 Å². The molecule has 86 valence electrons. The predicted octanol–water partition coefficient (Wildman–Crippen LogP) is 3.90. The molecule has 0 spiro atoms. The molecule has 0 saturated carbocycles. The average Bonchev–Trinajstić information content (AvgIpc) is 2.29. The van der Waals surface area contributed by atoms with Gasteiger partial charge in [0.2, 0.25) is 0 Å². The lowest BCUT2D eigenvalue weighted by Crippen LogP contribution is -2.27. The van der Waals surface area contributed by atoms with Crippen LogP contribution in [0.5, 0.6) is 0 Å².